The van der Waals surface area contributed by atoms with E-state index in [1.165, 1.54) is 17.7 Å². The minimum Gasteiger partial charge on any atom is -0.444 e. The first-order valence-corrected chi connectivity index (χ1v) is 8.96. The van der Waals surface area contributed by atoms with Crippen LogP contribution in [0.15, 0.2) is 12.4 Å². The number of carbonyl (C=O) groups is 2. The first-order chi connectivity index (χ1) is 11.8. The fraction of sp³-hybridized carbons (Fsp3) is 0.667. The minimum atomic E-state index is -0.586. The van der Waals surface area contributed by atoms with Crippen LogP contribution in [-0.4, -0.2) is 45.1 Å². The average molecular weight is 346 g/mol. The first-order valence-electron chi connectivity index (χ1n) is 8.96. The van der Waals surface area contributed by atoms with E-state index >= 15 is 0 Å². The molecule has 2 amide bonds. The molecule has 1 N–H and O–H groups in total. The third-order valence-electron chi connectivity index (χ3n) is 4.39. The van der Waals surface area contributed by atoms with E-state index in [0.29, 0.717) is 18.9 Å². The molecule has 0 unspecified atom stereocenters. The monoisotopic (exact) mass is 346 g/mol. The Morgan fingerprint density at radius 2 is 1.84 bits per heavy atom. The zero-order valence-corrected chi connectivity index (χ0v) is 15.1. The Morgan fingerprint density at radius 3 is 2.44 bits per heavy atom. The van der Waals surface area contributed by atoms with Gasteiger partial charge in [0.15, 0.2) is 0 Å². The first kappa shape index (κ1) is 17.6. The van der Waals surface area contributed by atoms with Crippen LogP contribution >= 0.6 is 0 Å². The smallest absolute Gasteiger partial charge is 0.410 e. The van der Waals surface area contributed by atoms with Crippen molar-refractivity contribution in [3.63, 3.8) is 0 Å². The molecule has 1 atom stereocenters. The molecule has 7 heteroatoms. The maximum atomic E-state index is 12.6. The van der Waals surface area contributed by atoms with Crippen molar-refractivity contribution in [1.82, 2.24) is 14.9 Å². The highest BCUT2D eigenvalue weighted by atomic mass is 16.6. The van der Waals surface area contributed by atoms with E-state index < -0.39 is 17.7 Å². The van der Waals surface area contributed by atoms with Gasteiger partial charge in [-0.3, -0.25) is 15.0 Å². The summed E-state index contributed by atoms with van der Waals surface area (Å²) in [7, 11) is 0. The molecule has 0 spiro atoms. The molecule has 0 aromatic carbocycles. The zero-order valence-electron chi connectivity index (χ0n) is 15.1. The van der Waals surface area contributed by atoms with E-state index in [1.54, 1.807) is 12.4 Å². The van der Waals surface area contributed by atoms with Crippen LogP contribution in [0, 0.1) is 0 Å². The van der Waals surface area contributed by atoms with Crippen LogP contribution in [0.5, 0.6) is 0 Å². The number of rotatable bonds is 3. The summed E-state index contributed by atoms with van der Waals surface area (Å²) >= 11 is 0. The third kappa shape index (κ3) is 4.67. The van der Waals surface area contributed by atoms with Crippen molar-refractivity contribution >= 4 is 17.9 Å². The molecule has 1 saturated heterocycles. The second-order valence-corrected chi connectivity index (χ2v) is 7.79. The van der Waals surface area contributed by atoms with Crippen LogP contribution < -0.4 is 5.32 Å². The van der Waals surface area contributed by atoms with Crippen molar-refractivity contribution in [3.8, 4) is 0 Å². The molecule has 136 valence electrons. The number of carbonyl (C=O) groups excluding carboxylic acids is 2. The van der Waals surface area contributed by atoms with Crippen LogP contribution in [0.2, 0.25) is 0 Å². The summed E-state index contributed by atoms with van der Waals surface area (Å²) in [4.78, 5) is 35.0. The molecule has 1 aromatic heterocycles. The van der Waals surface area contributed by atoms with Gasteiger partial charge < -0.3 is 4.74 Å². The third-order valence-corrected chi connectivity index (χ3v) is 4.39. The summed E-state index contributed by atoms with van der Waals surface area (Å²) in [6.07, 6.45) is 7.85. The van der Waals surface area contributed by atoms with Crippen molar-refractivity contribution in [2.75, 3.05) is 11.9 Å². The quantitative estimate of drug-likeness (QED) is 0.909. The number of ether oxygens (including phenoxy) is 1. The van der Waals surface area contributed by atoms with E-state index in [2.05, 4.69) is 15.3 Å². The largest absolute Gasteiger partial charge is 0.444 e. The fourth-order valence-electron chi connectivity index (χ4n) is 2.97. The van der Waals surface area contributed by atoms with Crippen molar-refractivity contribution in [3.05, 3.63) is 18.0 Å². The van der Waals surface area contributed by atoms with Gasteiger partial charge in [-0.25, -0.2) is 14.8 Å². The highest BCUT2D eigenvalue weighted by Crippen LogP contribution is 2.39. The standard InChI is InChI=1S/C18H26N4O3/c1-18(2,3)25-17(24)22-9-5-4-6-14(22)15(23)21-16-19-10-13(11-20-16)12-7-8-12/h10-12,14H,4-9H2,1-3H3,(H,19,20,21,23)/t14-/m1/s1. The second-order valence-electron chi connectivity index (χ2n) is 7.79. The summed E-state index contributed by atoms with van der Waals surface area (Å²) in [5.74, 6) is 0.597. The number of anilines is 1. The summed E-state index contributed by atoms with van der Waals surface area (Å²) in [6, 6.07) is -0.546. The van der Waals surface area contributed by atoms with Gasteiger partial charge in [0.05, 0.1) is 0 Å². The summed E-state index contributed by atoms with van der Waals surface area (Å²) in [5.41, 5.74) is 0.531. The molecule has 25 heavy (non-hydrogen) atoms. The Balaban J connectivity index is 1.64. The lowest BCUT2D eigenvalue weighted by Gasteiger charge is -2.35. The van der Waals surface area contributed by atoms with Crippen LogP contribution in [0.25, 0.3) is 0 Å². The van der Waals surface area contributed by atoms with Gasteiger partial charge in [-0.05, 0) is 64.4 Å². The molecule has 2 heterocycles. The van der Waals surface area contributed by atoms with E-state index in [4.69, 9.17) is 4.74 Å². The molecular weight excluding hydrogens is 320 g/mol. The summed E-state index contributed by atoms with van der Waals surface area (Å²) in [5, 5.41) is 2.74. The Morgan fingerprint density at radius 1 is 1.16 bits per heavy atom. The number of hydrogen-bond acceptors (Lipinski definition) is 5. The maximum Gasteiger partial charge on any atom is 0.410 e. The van der Waals surface area contributed by atoms with Crippen molar-refractivity contribution in [1.29, 1.82) is 0 Å². The molecule has 7 nitrogen and oxygen atoms in total. The number of piperidine rings is 1. The molecular formula is C18H26N4O3. The van der Waals surface area contributed by atoms with Gasteiger partial charge >= 0.3 is 6.09 Å². The Bertz CT molecular complexity index is 635. The van der Waals surface area contributed by atoms with E-state index in [1.807, 2.05) is 20.8 Å². The van der Waals surface area contributed by atoms with Crippen LogP contribution in [-0.2, 0) is 9.53 Å². The number of hydrogen-bond donors (Lipinski definition) is 1. The molecule has 1 aliphatic carbocycles. The fourth-order valence-corrected chi connectivity index (χ4v) is 2.97. The van der Waals surface area contributed by atoms with Crippen molar-refractivity contribution in [2.45, 2.75) is 70.4 Å². The van der Waals surface area contributed by atoms with Gasteiger partial charge in [0.25, 0.3) is 0 Å². The topological polar surface area (TPSA) is 84.4 Å². The predicted molar refractivity (Wildman–Crippen MR) is 93.2 cm³/mol. The average Bonchev–Trinajstić information content (AvgIpc) is 3.39. The summed E-state index contributed by atoms with van der Waals surface area (Å²) in [6.45, 7) is 5.98. The normalized spacial score (nSPS) is 20.9. The van der Waals surface area contributed by atoms with E-state index in [0.717, 1.165) is 18.4 Å². The number of nitrogens with one attached hydrogen (secondary N) is 1. The van der Waals surface area contributed by atoms with Crippen LogP contribution in [0.3, 0.4) is 0 Å². The van der Waals surface area contributed by atoms with Gasteiger partial charge in [-0.2, -0.15) is 0 Å². The molecule has 0 bridgehead atoms. The minimum absolute atomic E-state index is 0.260. The van der Waals surface area contributed by atoms with Crippen LogP contribution in [0.4, 0.5) is 10.7 Å². The number of aromatic nitrogens is 2. The molecule has 1 saturated carbocycles. The van der Waals surface area contributed by atoms with Crippen LogP contribution in [0.1, 0.15) is 64.4 Å². The van der Waals surface area contributed by atoms with E-state index in [9.17, 15) is 9.59 Å². The number of likely N-dealkylation sites (tertiary alicyclic amines) is 1. The lowest BCUT2D eigenvalue weighted by atomic mass is 10.0. The van der Waals surface area contributed by atoms with Gasteiger partial charge in [0.2, 0.25) is 11.9 Å². The number of nitrogens with zero attached hydrogens (tertiary/aromatic N) is 3. The highest BCUT2D eigenvalue weighted by Gasteiger charge is 2.35. The van der Waals surface area contributed by atoms with E-state index in [-0.39, 0.29) is 11.9 Å². The second kappa shape index (κ2) is 6.98. The lowest BCUT2D eigenvalue weighted by molar-refractivity contribution is -0.122. The molecule has 1 aromatic rings. The molecule has 0 radical (unpaired) electrons. The zero-order chi connectivity index (χ0) is 18.0. The van der Waals surface area contributed by atoms with Gasteiger partial charge in [0.1, 0.15) is 11.6 Å². The highest BCUT2D eigenvalue weighted by molar-refractivity contribution is 5.95. The van der Waals surface area contributed by atoms with Crippen molar-refractivity contribution in [2.24, 2.45) is 0 Å². The van der Waals surface area contributed by atoms with Crippen molar-refractivity contribution < 1.29 is 14.3 Å². The van der Waals surface area contributed by atoms with Gasteiger partial charge in [0, 0.05) is 18.9 Å². The Labute approximate surface area is 148 Å². The Kier molecular flexibility index (Phi) is 4.92. The maximum absolute atomic E-state index is 12.6. The SMILES string of the molecule is CC(C)(C)OC(=O)N1CCCC[C@@H]1C(=O)Nc1ncc(C2CC2)cn1. The molecule has 2 fully saturated rings. The molecule has 2 aliphatic rings. The van der Waals surface area contributed by atoms with Gasteiger partial charge in [-0.15, -0.1) is 0 Å². The summed E-state index contributed by atoms with van der Waals surface area (Å²) < 4.78 is 5.43. The molecule has 1 aliphatic heterocycles. The number of amides is 2. The molecule has 3 rings (SSSR count). The lowest BCUT2D eigenvalue weighted by Crippen LogP contribution is -2.51. The van der Waals surface area contributed by atoms with Gasteiger partial charge in [-0.1, -0.05) is 0 Å². The Hall–Kier alpha value is -2.18. The predicted octanol–water partition coefficient (Wildman–Crippen LogP) is 3.08.